The minimum atomic E-state index is -0.373. The molecule has 0 aliphatic carbocycles. The van der Waals surface area contributed by atoms with Crippen molar-refractivity contribution in [2.24, 2.45) is 0 Å². The van der Waals surface area contributed by atoms with Gasteiger partial charge in [0.15, 0.2) is 0 Å². The van der Waals surface area contributed by atoms with E-state index in [4.69, 9.17) is 0 Å². The van der Waals surface area contributed by atoms with Crippen LogP contribution in [0.3, 0.4) is 0 Å². The summed E-state index contributed by atoms with van der Waals surface area (Å²) in [7, 11) is 0. The van der Waals surface area contributed by atoms with E-state index < -0.39 is 0 Å². The molecule has 0 radical (unpaired) electrons. The average Bonchev–Trinajstić information content (AvgIpc) is 2.61. The molecule has 3 aromatic carbocycles. The Morgan fingerprint density at radius 2 is 1.42 bits per heavy atom. The molecular formula is C19H15BrN2O2. The molecule has 0 spiro atoms. The number of nitro groups is 1. The molecule has 0 unspecified atom stereocenters. The van der Waals surface area contributed by atoms with E-state index in [1.54, 1.807) is 12.1 Å². The van der Waals surface area contributed by atoms with E-state index >= 15 is 0 Å². The number of hydrogen-bond donors (Lipinski definition) is 1. The Hall–Kier alpha value is -2.66. The fourth-order valence-corrected chi connectivity index (χ4v) is 2.95. The highest BCUT2D eigenvalue weighted by molar-refractivity contribution is 9.10. The van der Waals surface area contributed by atoms with Crippen LogP contribution in [0.4, 0.5) is 11.4 Å². The Bertz CT molecular complexity index is 799. The van der Waals surface area contributed by atoms with Gasteiger partial charge in [-0.25, -0.2) is 0 Å². The molecule has 0 fully saturated rings. The lowest BCUT2D eigenvalue weighted by Gasteiger charge is -2.21. The van der Waals surface area contributed by atoms with Gasteiger partial charge in [-0.2, -0.15) is 0 Å². The summed E-state index contributed by atoms with van der Waals surface area (Å²) in [6.45, 7) is 0. The third-order valence-electron chi connectivity index (χ3n) is 3.72. The second-order valence-electron chi connectivity index (χ2n) is 5.32. The first-order valence-corrected chi connectivity index (χ1v) is 8.25. The summed E-state index contributed by atoms with van der Waals surface area (Å²) in [6, 6.07) is 24.5. The van der Waals surface area contributed by atoms with Crippen LogP contribution >= 0.6 is 15.9 Å². The first-order chi connectivity index (χ1) is 11.6. The van der Waals surface area contributed by atoms with Crippen molar-refractivity contribution in [3.63, 3.8) is 0 Å². The Morgan fingerprint density at radius 3 is 1.92 bits per heavy atom. The van der Waals surface area contributed by atoms with E-state index in [0.29, 0.717) is 5.69 Å². The maximum Gasteiger partial charge on any atom is 0.292 e. The third-order valence-corrected chi connectivity index (χ3v) is 4.21. The van der Waals surface area contributed by atoms with Gasteiger partial charge in [0, 0.05) is 10.5 Å². The molecule has 3 aromatic rings. The van der Waals surface area contributed by atoms with Gasteiger partial charge in [0.1, 0.15) is 5.69 Å². The van der Waals surface area contributed by atoms with Crippen molar-refractivity contribution in [2.45, 2.75) is 6.04 Å². The summed E-state index contributed by atoms with van der Waals surface area (Å²) in [4.78, 5) is 11.0. The van der Waals surface area contributed by atoms with Gasteiger partial charge < -0.3 is 5.32 Å². The highest BCUT2D eigenvalue weighted by Gasteiger charge is 2.20. The highest BCUT2D eigenvalue weighted by atomic mass is 79.9. The number of anilines is 1. The van der Waals surface area contributed by atoms with Crippen LogP contribution in [0.25, 0.3) is 0 Å². The molecule has 3 rings (SSSR count). The van der Waals surface area contributed by atoms with Crippen molar-refractivity contribution in [3.05, 3.63) is 105 Å². The molecule has 5 heteroatoms. The first kappa shape index (κ1) is 16.2. The fraction of sp³-hybridized carbons (Fsp3) is 0.0526. The summed E-state index contributed by atoms with van der Waals surface area (Å²) in [5.41, 5.74) is 2.61. The van der Waals surface area contributed by atoms with Crippen LogP contribution in [0.2, 0.25) is 0 Å². The quantitative estimate of drug-likeness (QED) is 0.464. The molecule has 0 saturated carbocycles. The van der Waals surface area contributed by atoms with Gasteiger partial charge in [-0.15, -0.1) is 0 Å². The number of halogens is 1. The molecule has 0 bridgehead atoms. The number of nitro benzene ring substituents is 1. The summed E-state index contributed by atoms with van der Waals surface area (Å²) in [6.07, 6.45) is 0. The minimum absolute atomic E-state index is 0.0510. The molecule has 120 valence electrons. The van der Waals surface area contributed by atoms with E-state index in [1.165, 1.54) is 6.07 Å². The minimum Gasteiger partial charge on any atom is -0.369 e. The standard InChI is InChI=1S/C19H15BrN2O2/c20-16-11-12-18(22(23)24)17(13-16)21-19(14-7-3-1-4-8-14)15-9-5-2-6-10-15/h1-13,19,21H. The summed E-state index contributed by atoms with van der Waals surface area (Å²) in [5, 5.41) is 14.7. The van der Waals surface area contributed by atoms with Crippen LogP contribution in [0.1, 0.15) is 17.2 Å². The third kappa shape index (κ3) is 3.63. The number of nitrogens with one attached hydrogen (secondary N) is 1. The van der Waals surface area contributed by atoms with Crippen molar-refractivity contribution in [3.8, 4) is 0 Å². The van der Waals surface area contributed by atoms with Crippen LogP contribution in [0, 0.1) is 10.1 Å². The van der Waals surface area contributed by atoms with Gasteiger partial charge in [-0.3, -0.25) is 10.1 Å². The lowest BCUT2D eigenvalue weighted by atomic mass is 9.98. The van der Waals surface area contributed by atoms with Crippen LogP contribution in [0.15, 0.2) is 83.3 Å². The van der Waals surface area contributed by atoms with Crippen LogP contribution in [-0.4, -0.2) is 4.92 Å². The van der Waals surface area contributed by atoms with E-state index in [9.17, 15) is 10.1 Å². The Kier molecular flexibility index (Phi) is 4.91. The number of nitrogens with zero attached hydrogens (tertiary/aromatic N) is 1. The van der Waals surface area contributed by atoms with Gasteiger partial charge >= 0.3 is 0 Å². The van der Waals surface area contributed by atoms with Gasteiger partial charge in [0.05, 0.1) is 11.0 Å². The molecule has 24 heavy (non-hydrogen) atoms. The topological polar surface area (TPSA) is 55.2 Å². The van der Waals surface area contributed by atoms with E-state index in [1.807, 2.05) is 60.7 Å². The molecule has 4 nitrogen and oxygen atoms in total. The normalized spacial score (nSPS) is 10.6. The summed E-state index contributed by atoms with van der Waals surface area (Å²) >= 11 is 3.39. The zero-order chi connectivity index (χ0) is 16.9. The van der Waals surface area contributed by atoms with Crippen molar-refractivity contribution >= 4 is 27.3 Å². The van der Waals surface area contributed by atoms with E-state index in [0.717, 1.165) is 15.6 Å². The van der Waals surface area contributed by atoms with Crippen molar-refractivity contribution in [1.82, 2.24) is 0 Å². The van der Waals surface area contributed by atoms with E-state index in [2.05, 4.69) is 21.2 Å². The predicted molar refractivity (Wildman–Crippen MR) is 99.1 cm³/mol. The number of rotatable bonds is 5. The molecule has 1 N–H and O–H groups in total. The largest absolute Gasteiger partial charge is 0.369 e. The lowest BCUT2D eigenvalue weighted by molar-refractivity contribution is -0.384. The number of benzene rings is 3. The van der Waals surface area contributed by atoms with Crippen molar-refractivity contribution in [1.29, 1.82) is 0 Å². The highest BCUT2D eigenvalue weighted by Crippen LogP contribution is 2.33. The molecule has 0 aliphatic heterocycles. The second kappa shape index (κ2) is 7.27. The predicted octanol–water partition coefficient (Wildman–Crippen LogP) is 5.56. The van der Waals surface area contributed by atoms with Crippen LogP contribution in [0.5, 0.6) is 0 Å². The van der Waals surface area contributed by atoms with Gasteiger partial charge in [0.2, 0.25) is 0 Å². The molecule has 0 saturated heterocycles. The fourth-order valence-electron chi connectivity index (χ4n) is 2.59. The smallest absolute Gasteiger partial charge is 0.292 e. The average molecular weight is 383 g/mol. The Morgan fingerprint density at radius 1 is 0.875 bits per heavy atom. The molecule has 0 amide bonds. The van der Waals surface area contributed by atoms with Crippen LogP contribution < -0.4 is 5.32 Å². The first-order valence-electron chi connectivity index (χ1n) is 7.45. The monoisotopic (exact) mass is 382 g/mol. The van der Waals surface area contributed by atoms with Crippen molar-refractivity contribution < 1.29 is 4.92 Å². The maximum absolute atomic E-state index is 11.3. The maximum atomic E-state index is 11.3. The summed E-state index contributed by atoms with van der Waals surface area (Å²) < 4.78 is 0.787. The number of hydrogen-bond acceptors (Lipinski definition) is 3. The van der Waals surface area contributed by atoms with Crippen LogP contribution in [-0.2, 0) is 0 Å². The van der Waals surface area contributed by atoms with Crippen molar-refractivity contribution in [2.75, 3.05) is 5.32 Å². The molecular weight excluding hydrogens is 368 g/mol. The zero-order valence-electron chi connectivity index (χ0n) is 12.7. The van der Waals surface area contributed by atoms with Gasteiger partial charge in [-0.1, -0.05) is 76.6 Å². The summed E-state index contributed by atoms with van der Waals surface area (Å²) in [5.74, 6) is 0. The SMILES string of the molecule is O=[N+]([O-])c1ccc(Br)cc1NC(c1ccccc1)c1ccccc1. The molecule has 0 aromatic heterocycles. The lowest BCUT2D eigenvalue weighted by Crippen LogP contribution is -2.13. The van der Waals surface area contributed by atoms with E-state index in [-0.39, 0.29) is 16.7 Å². The van der Waals surface area contributed by atoms with Gasteiger partial charge in [0.25, 0.3) is 5.69 Å². The van der Waals surface area contributed by atoms with Gasteiger partial charge in [-0.05, 0) is 23.3 Å². The molecule has 0 heterocycles. The molecule has 0 aliphatic rings. The Balaban J connectivity index is 2.05. The second-order valence-corrected chi connectivity index (χ2v) is 6.23. The molecule has 0 atom stereocenters. The zero-order valence-corrected chi connectivity index (χ0v) is 14.3. The Labute approximate surface area is 148 Å².